The zero-order valence-electron chi connectivity index (χ0n) is 11.7. The van der Waals surface area contributed by atoms with Crippen LogP contribution in [0.2, 0.25) is 10.0 Å². The second-order valence-corrected chi connectivity index (χ2v) is 6.26. The van der Waals surface area contributed by atoms with Gasteiger partial charge in [-0.25, -0.2) is 0 Å². The van der Waals surface area contributed by atoms with Crippen molar-refractivity contribution >= 4 is 46.2 Å². The summed E-state index contributed by atoms with van der Waals surface area (Å²) in [5, 5.41) is 51.8. The van der Waals surface area contributed by atoms with E-state index in [1.807, 2.05) is 0 Å². The van der Waals surface area contributed by atoms with Crippen LogP contribution in [-0.4, -0.2) is 67.8 Å². The van der Waals surface area contributed by atoms with Gasteiger partial charge in [-0.1, -0.05) is 29.3 Å². The molecule has 1 heterocycles. The standard InChI is InChI=1S/C13H16Cl2N2O5S/c14-5-2-1-3-6(15)9(5)17-12(22)8(16-13(17)23)11(21)10(20)7(19)4-18/h1-3,7-8,10-12,18-22H,4H2,(H,16,23)/t7-,8-,10-,11+,12-/m1/s1. The first-order valence-electron chi connectivity index (χ1n) is 6.66. The molecule has 1 fully saturated rings. The maximum atomic E-state index is 10.4. The largest absolute Gasteiger partial charge is 0.394 e. The Bertz CT molecular complexity index is 573. The van der Waals surface area contributed by atoms with Gasteiger partial charge < -0.3 is 30.8 Å². The van der Waals surface area contributed by atoms with Gasteiger partial charge in [-0.05, 0) is 24.4 Å². The Morgan fingerprint density at radius 3 is 2.30 bits per heavy atom. The van der Waals surface area contributed by atoms with E-state index in [1.54, 1.807) is 18.2 Å². The number of anilines is 1. The number of thiocarbonyl (C=S) groups is 1. The number of nitrogens with one attached hydrogen (secondary N) is 1. The van der Waals surface area contributed by atoms with E-state index in [0.717, 1.165) is 0 Å². The average Bonchev–Trinajstić information content (AvgIpc) is 2.80. The number of aliphatic hydroxyl groups excluding tert-OH is 5. The maximum absolute atomic E-state index is 10.4. The highest BCUT2D eigenvalue weighted by Crippen LogP contribution is 2.37. The molecule has 0 saturated carbocycles. The molecule has 23 heavy (non-hydrogen) atoms. The van der Waals surface area contributed by atoms with E-state index in [-0.39, 0.29) is 20.8 Å². The molecule has 0 bridgehead atoms. The number of hydrogen-bond acceptors (Lipinski definition) is 6. The lowest BCUT2D eigenvalue weighted by atomic mass is 10.0. The van der Waals surface area contributed by atoms with Crippen molar-refractivity contribution in [3.8, 4) is 0 Å². The van der Waals surface area contributed by atoms with Crippen LogP contribution in [0.3, 0.4) is 0 Å². The van der Waals surface area contributed by atoms with E-state index in [9.17, 15) is 20.4 Å². The molecule has 2 rings (SSSR count). The van der Waals surface area contributed by atoms with Gasteiger partial charge in [-0.3, -0.25) is 4.90 Å². The van der Waals surface area contributed by atoms with Crippen molar-refractivity contribution in [3.05, 3.63) is 28.2 Å². The second-order valence-electron chi connectivity index (χ2n) is 5.06. The molecule has 5 atom stereocenters. The van der Waals surface area contributed by atoms with Gasteiger partial charge >= 0.3 is 0 Å². The summed E-state index contributed by atoms with van der Waals surface area (Å²) in [4.78, 5) is 1.21. The van der Waals surface area contributed by atoms with E-state index >= 15 is 0 Å². The Kier molecular flexibility index (Phi) is 6.04. The van der Waals surface area contributed by atoms with Crippen molar-refractivity contribution < 1.29 is 25.5 Å². The lowest BCUT2D eigenvalue weighted by molar-refractivity contribution is -0.0946. The number of halogens is 2. The van der Waals surface area contributed by atoms with Gasteiger partial charge in [0, 0.05) is 0 Å². The third-order valence-electron chi connectivity index (χ3n) is 3.57. The Labute approximate surface area is 147 Å². The lowest BCUT2D eigenvalue weighted by Crippen LogP contribution is -2.53. The van der Waals surface area contributed by atoms with Gasteiger partial charge in [-0.2, -0.15) is 0 Å². The topological polar surface area (TPSA) is 116 Å². The highest BCUT2D eigenvalue weighted by molar-refractivity contribution is 7.80. The van der Waals surface area contributed by atoms with E-state index in [1.165, 1.54) is 4.90 Å². The minimum atomic E-state index is -1.68. The van der Waals surface area contributed by atoms with Crippen molar-refractivity contribution in [1.82, 2.24) is 5.32 Å². The van der Waals surface area contributed by atoms with Gasteiger partial charge in [-0.15, -0.1) is 0 Å². The molecule has 0 radical (unpaired) electrons. The van der Waals surface area contributed by atoms with Gasteiger partial charge in [0.05, 0.1) is 22.3 Å². The number of aliphatic hydroxyl groups is 5. The first kappa shape index (κ1) is 18.6. The first-order valence-corrected chi connectivity index (χ1v) is 7.82. The highest BCUT2D eigenvalue weighted by atomic mass is 35.5. The Morgan fingerprint density at radius 2 is 1.78 bits per heavy atom. The van der Waals surface area contributed by atoms with Gasteiger partial charge in [0.1, 0.15) is 24.4 Å². The van der Waals surface area contributed by atoms with Crippen LogP contribution in [0.5, 0.6) is 0 Å². The molecule has 0 aromatic heterocycles. The van der Waals surface area contributed by atoms with Gasteiger partial charge in [0.2, 0.25) is 0 Å². The van der Waals surface area contributed by atoms with Crippen LogP contribution in [0.4, 0.5) is 5.69 Å². The van der Waals surface area contributed by atoms with E-state index < -0.39 is 37.2 Å². The molecular formula is C13H16Cl2N2O5S. The summed E-state index contributed by atoms with van der Waals surface area (Å²) in [5.41, 5.74) is 0.257. The molecule has 0 amide bonds. The molecule has 10 heteroatoms. The van der Waals surface area contributed by atoms with Crippen molar-refractivity contribution in [2.45, 2.75) is 30.6 Å². The minimum absolute atomic E-state index is 0.0437. The van der Waals surface area contributed by atoms with Crippen molar-refractivity contribution in [1.29, 1.82) is 0 Å². The Balaban J connectivity index is 2.28. The van der Waals surface area contributed by atoms with Crippen molar-refractivity contribution in [3.63, 3.8) is 0 Å². The zero-order chi connectivity index (χ0) is 17.3. The molecule has 0 unspecified atom stereocenters. The molecule has 1 saturated heterocycles. The third-order valence-corrected chi connectivity index (χ3v) is 4.50. The summed E-state index contributed by atoms with van der Waals surface area (Å²) in [5.74, 6) is 0. The molecule has 1 aliphatic rings. The summed E-state index contributed by atoms with van der Waals surface area (Å²) in [6, 6.07) is 3.63. The van der Waals surface area contributed by atoms with Crippen molar-refractivity contribution in [2.75, 3.05) is 11.5 Å². The highest BCUT2D eigenvalue weighted by Gasteiger charge is 2.45. The van der Waals surface area contributed by atoms with E-state index in [4.69, 9.17) is 40.5 Å². The predicted octanol–water partition coefficient (Wildman–Crippen LogP) is -0.550. The first-order chi connectivity index (χ1) is 10.8. The Morgan fingerprint density at radius 1 is 1.22 bits per heavy atom. The molecule has 0 spiro atoms. The Hall–Kier alpha value is -0.710. The predicted molar refractivity (Wildman–Crippen MR) is 89.6 cm³/mol. The number of rotatable bonds is 5. The van der Waals surface area contributed by atoms with Crippen LogP contribution >= 0.6 is 35.4 Å². The maximum Gasteiger partial charge on any atom is 0.176 e. The zero-order valence-corrected chi connectivity index (χ0v) is 14.0. The second kappa shape index (κ2) is 7.45. The van der Waals surface area contributed by atoms with Crippen LogP contribution in [0.1, 0.15) is 0 Å². The number of para-hydroxylation sites is 1. The fraction of sp³-hybridized carbons (Fsp3) is 0.462. The van der Waals surface area contributed by atoms with Gasteiger partial charge in [0.15, 0.2) is 11.3 Å². The van der Waals surface area contributed by atoms with Crippen LogP contribution < -0.4 is 10.2 Å². The number of hydrogen-bond donors (Lipinski definition) is 6. The fourth-order valence-electron chi connectivity index (χ4n) is 2.33. The van der Waals surface area contributed by atoms with Crippen LogP contribution in [0, 0.1) is 0 Å². The minimum Gasteiger partial charge on any atom is -0.394 e. The summed E-state index contributed by atoms with van der Waals surface area (Å²) < 4.78 is 0. The molecule has 6 N–H and O–H groups in total. The third kappa shape index (κ3) is 3.54. The summed E-state index contributed by atoms with van der Waals surface area (Å²) in [6.07, 6.45) is -6.24. The molecule has 1 aliphatic heterocycles. The van der Waals surface area contributed by atoms with E-state index in [0.29, 0.717) is 0 Å². The quantitative estimate of drug-likeness (QED) is 0.375. The summed E-state index contributed by atoms with van der Waals surface area (Å²) >= 11 is 17.3. The summed E-state index contributed by atoms with van der Waals surface area (Å²) in [7, 11) is 0. The fourth-order valence-corrected chi connectivity index (χ4v) is 3.25. The smallest absolute Gasteiger partial charge is 0.176 e. The van der Waals surface area contributed by atoms with E-state index in [2.05, 4.69) is 5.32 Å². The molecule has 0 aliphatic carbocycles. The number of benzene rings is 1. The number of nitrogens with zero attached hydrogens (tertiary/aromatic N) is 1. The average molecular weight is 383 g/mol. The normalized spacial score (nSPS) is 25.2. The lowest BCUT2D eigenvalue weighted by Gasteiger charge is -2.29. The van der Waals surface area contributed by atoms with Crippen LogP contribution in [-0.2, 0) is 0 Å². The monoisotopic (exact) mass is 382 g/mol. The molecule has 1 aromatic rings. The van der Waals surface area contributed by atoms with Crippen LogP contribution in [0.25, 0.3) is 0 Å². The molecule has 7 nitrogen and oxygen atoms in total. The molecular weight excluding hydrogens is 367 g/mol. The molecule has 1 aromatic carbocycles. The van der Waals surface area contributed by atoms with Gasteiger partial charge in [0.25, 0.3) is 0 Å². The summed E-state index contributed by atoms with van der Waals surface area (Å²) in [6.45, 7) is -0.744. The molecule has 128 valence electrons. The van der Waals surface area contributed by atoms with Crippen LogP contribution in [0.15, 0.2) is 18.2 Å². The van der Waals surface area contributed by atoms with Crippen molar-refractivity contribution in [2.24, 2.45) is 0 Å². The SMILES string of the molecule is OC[C@@H](O)[C@@H](O)[C@@H](O)[C@H]1NC(=S)N(c2c(Cl)cccc2Cl)[C@@H]1O.